The number of halogens is 3. The molecule has 2 aromatic rings. The largest absolute Gasteiger partial charge is 0.484 e. The summed E-state index contributed by atoms with van der Waals surface area (Å²) in [6.45, 7) is -0.247. The van der Waals surface area contributed by atoms with Crippen LogP contribution in [0.25, 0.3) is 6.08 Å². The summed E-state index contributed by atoms with van der Waals surface area (Å²) in [7, 11) is 3.33. The van der Waals surface area contributed by atoms with Crippen LogP contribution in [0.2, 0.25) is 0 Å². The molecule has 0 aromatic heterocycles. The third kappa shape index (κ3) is 6.56. The number of rotatable bonds is 7. The van der Waals surface area contributed by atoms with Crippen molar-refractivity contribution in [1.82, 2.24) is 0 Å². The van der Waals surface area contributed by atoms with Gasteiger partial charge in [-0.1, -0.05) is 12.1 Å². The van der Waals surface area contributed by atoms with E-state index in [1.54, 1.807) is 43.3 Å². The Hall–Kier alpha value is -3.49. The zero-order valence-electron chi connectivity index (χ0n) is 15.8. The van der Waals surface area contributed by atoms with Crippen molar-refractivity contribution < 1.29 is 27.5 Å². The average molecular weight is 407 g/mol. The molecule has 2 aromatic carbocycles. The zero-order valence-corrected chi connectivity index (χ0v) is 15.8. The molecular weight excluding hydrogens is 387 g/mol. The smallest absolute Gasteiger partial charge is 0.416 e. The maximum atomic E-state index is 13.0. The summed E-state index contributed by atoms with van der Waals surface area (Å²) in [5.74, 6) is -0.746. The van der Waals surface area contributed by atoms with E-state index >= 15 is 0 Å². The van der Waals surface area contributed by atoms with E-state index in [4.69, 9.17) is 10.5 Å². The molecule has 0 radical (unpaired) electrons. The number of primary amides is 1. The van der Waals surface area contributed by atoms with Crippen molar-refractivity contribution in [2.45, 2.75) is 6.18 Å². The van der Waals surface area contributed by atoms with Crippen molar-refractivity contribution in [3.63, 3.8) is 0 Å². The Bertz CT molecular complexity index is 907. The summed E-state index contributed by atoms with van der Waals surface area (Å²) in [5, 5.41) is 2.48. The molecule has 2 amide bonds. The van der Waals surface area contributed by atoms with Crippen LogP contribution in [0.5, 0.6) is 5.75 Å². The summed E-state index contributed by atoms with van der Waals surface area (Å²) in [6.07, 6.45) is -1.81. The molecule has 0 aliphatic rings. The second-order valence-corrected chi connectivity index (χ2v) is 6.27. The Labute approximate surface area is 165 Å². The van der Waals surface area contributed by atoms with Gasteiger partial charge in [0.1, 0.15) is 5.75 Å². The van der Waals surface area contributed by atoms with Crippen LogP contribution in [0.15, 0.2) is 48.5 Å². The first-order valence-corrected chi connectivity index (χ1v) is 8.45. The fourth-order valence-corrected chi connectivity index (χ4v) is 2.38. The Morgan fingerprint density at radius 2 is 1.79 bits per heavy atom. The van der Waals surface area contributed by atoms with Gasteiger partial charge in [0.15, 0.2) is 6.61 Å². The fourth-order valence-electron chi connectivity index (χ4n) is 2.38. The first-order valence-electron chi connectivity index (χ1n) is 8.45. The molecule has 6 nitrogen and oxygen atoms in total. The van der Waals surface area contributed by atoms with E-state index in [2.05, 4.69) is 5.32 Å². The molecule has 0 unspecified atom stereocenters. The summed E-state index contributed by atoms with van der Waals surface area (Å²) >= 11 is 0. The predicted octanol–water partition coefficient (Wildman–Crippen LogP) is 3.29. The molecule has 29 heavy (non-hydrogen) atoms. The second kappa shape index (κ2) is 9.13. The van der Waals surface area contributed by atoms with Gasteiger partial charge in [-0.2, -0.15) is 13.2 Å². The highest BCUT2D eigenvalue weighted by molar-refractivity contribution is 6.03. The number of carbonyl (C=O) groups excluding carboxylic acids is 2. The topological polar surface area (TPSA) is 84.7 Å². The number of amides is 2. The van der Waals surface area contributed by atoms with Gasteiger partial charge in [-0.3, -0.25) is 9.59 Å². The number of nitrogens with two attached hydrogens (primary N) is 1. The highest BCUT2D eigenvalue weighted by Gasteiger charge is 2.31. The van der Waals surface area contributed by atoms with E-state index in [1.807, 2.05) is 0 Å². The fraction of sp³-hybridized carbons (Fsp3) is 0.200. The third-order valence-electron chi connectivity index (χ3n) is 3.75. The van der Waals surface area contributed by atoms with Crippen LogP contribution in [0.4, 0.5) is 24.5 Å². The monoisotopic (exact) mass is 407 g/mol. The Kier molecular flexibility index (Phi) is 6.87. The predicted molar refractivity (Wildman–Crippen MR) is 105 cm³/mol. The van der Waals surface area contributed by atoms with Gasteiger partial charge < -0.3 is 20.7 Å². The number of nitrogens with zero attached hydrogens (tertiary/aromatic N) is 1. The van der Waals surface area contributed by atoms with E-state index in [0.29, 0.717) is 17.0 Å². The van der Waals surface area contributed by atoms with Crippen molar-refractivity contribution >= 4 is 29.3 Å². The highest BCUT2D eigenvalue weighted by Crippen LogP contribution is 2.34. The van der Waals surface area contributed by atoms with Crippen molar-refractivity contribution in [3.05, 3.63) is 59.7 Å². The molecule has 3 N–H and O–H groups in total. The minimum atomic E-state index is -4.52. The van der Waals surface area contributed by atoms with Crippen LogP contribution in [-0.4, -0.2) is 32.5 Å². The number of ether oxygens (including phenoxy) is 1. The van der Waals surface area contributed by atoms with E-state index in [-0.39, 0.29) is 12.3 Å². The van der Waals surface area contributed by atoms with Crippen LogP contribution in [0.1, 0.15) is 11.1 Å². The maximum Gasteiger partial charge on any atom is 0.416 e. The minimum Gasteiger partial charge on any atom is -0.484 e. The number of nitrogens with one attached hydrogen (secondary N) is 1. The normalized spacial score (nSPS) is 11.3. The maximum absolute atomic E-state index is 13.0. The summed E-state index contributed by atoms with van der Waals surface area (Å²) < 4.78 is 44.0. The quantitative estimate of drug-likeness (QED) is 0.690. The zero-order chi connectivity index (χ0) is 21.6. The summed E-state index contributed by atoms with van der Waals surface area (Å²) in [6, 6.07) is 9.64. The van der Waals surface area contributed by atoms with Gasteiger partial charge in [0.25, 0.3) is 5.91 Å². The average Bonchev–Trinajstić information content (AvgIpc) is 2.64. The molecular formula is C20H20F3N3O3. The Morgan fingerprint density at radius 1 is 1.14 bits per heavy atom. The van der Waals surface area contributed by atoms with E-state index < -0.39 is 23.6 Å². The van der Waals surface area contributed by atoms with Crippen molar-refractivity contribution in [2.75, 3.05) is 30.9 Å². The van der Waals surface area contributed by atoms with Crippen LogP contribution in [-0.2, 0) is 15.8 Å². The molecule has 0 spiro atoms. The van der Waals surface area contributed by atoms with Gasteiger partial charge in [0, 0.05) is 20.2 Å². The standard InChI is InChI=1S/C20H20F3N3O3/c1-26(2)17-9-6-14(20(21,22)23)11-16(17)25-19(28)10-5-13-3-7-15(8-4-13)29-12-18(24)27/h3-11H,12H2,1-2H3,(H2,24,27)(H,25,28)/b10-5+. The Balaban J connectivity index is 2.11. The van der Waals surface area contributed by atoms with Crippen molar-refractivity contribution in [1.29, 1.82) is 0 Å². The lowest BCUT2D eigenvalue weighted by molar-refractivity contribution is -0.137. The molecule has 0 saturated carbocycles. The summed E-state index contributed by atoms with van der Waals surface area (Å²) in [4.78, 5) is 24.5. The third-order valence-corrected chi connectivity index (χ3v) is 3.75. The summed E-state index contributed by atoms with van der Waals surface area (Å²) in [5.41, 5.74) is 5.29. The number of alkyl halides is 3. The molecule has 0 fully saturated rings. The van der Waals surface area contributed by atoms with E-state index in [1.165, 1.54) is 18.2 Å². The highest BCUT2D eigenvalue weighted by atomic mass is 19.4. The van der Waals surface area contributed by atoms with Gasteiger partial charge in [-0.05, 0) is 42.0 Å². The number of hydrogen-bond acceptors (Lipinski definition) is 4. The van der Waals surface area contributed by atoms with Crippen LogP contribution in [0, 0.1) is 0 Å². The van der Waals surface area contributed by atoms with Gasteiger partial charge in [-0.15, -0.1) is 0 Å². The second-order valence-electron chi connectivity index (χ2n) is 6.27. The SMILES string of the molecule is CN(C)c1ccc(C(F)(F)F)cc1NC(=O)/C=C/c1ccc(OCC(N)=O)cc1. The van der Waals surface area contributed by atoms with Crippen LogP contribution >= 0.6 is 0 Å². The number of hydrogen-bond donors (Lipinski definition) is 2. The molecule has 0 saturated heterocycles. The van der Waals surface area contributed by atoms with Gasteiger partial charge in [0.2, 0.25) is 5.91 Å². The molecule has 0 aliphatic heterocycles. The Morgan fingerprint density at radius 3 is 2.34 bits per heavy atom. The van der Waals surface area contributed by atoms with Crippen LogP contribution < -0.4 is 20.7 Å². The number of benzene rings is 2. The lowest BCUT2D eigenvalue weighted by Crippen LogP contribution is -2.19. The van der Waals surface area contributed by atoms with Crippen molar-refractivity contribution in [2.24, 2.45) is 5.73 Å². The van der Waals surface area contributed by atoms with Gasteiger partial charge in [-0.25, -0.2) is 0 Å². The minimum absolute atomic E-state index is 0.0506. The van der Waals surface area contributed by atoms with Gasteiger partial charge >= 0.3 is 6.18 Å². The first kappa shape index (κ1) is 21.8. The molecule has 2 rings (SSSR count). The molecule has 9 heteroatoms. The molecule has 0 atom stereocenters. The molecule has 0 aliphatic carbocycles. The van der Waals surface area contributed by atoms with E-state index in [9.17, 15) is 22.8 Å². The van der Waals surface area contributed by atoms with Gasteiger partial charge in [0.05, 0.1) is 16.9 Å². The molecule has 154 valence electrons. The molecule has 0 bridgehead atoms. The van der Waals surface area contributed by atoms with Crippen LogP contribution in [0.3, 0.4) is 0 Å². The lowest BCUT2D eigenvalue weighted by Gasteiger charge is -2.19. The number of anilines is 2. The number of carbonyl (C=O) groups is 2. The molecule has 0 heterocycles. The van der Waals surface area contributed by atoms with E-state index in [0.717, 1.165) is 12.1 Å². The van der Waals surface area contributed by atoms with Crippen molar-refractivity contribution in [3.8, 4) is 5.75 Å². The lowest BCUT2D eigenvalue weighted by atomic mass is 10.1. The first-order chi connectivity index (χ1) is 13.6.